The molecule has 1 aromatic heterocycles. The lowest BCUT2D eigenvalue weighted by Crippen LogP contribution is -2.24. The highest BCUT2D eigenvalue weighted by Crippen LogP contribution is 1.83. The Balaban J connectivity index is 3.55. The molecule has 0 fully saturated rings. The average molecular weight is 171 g/mol. The molecule has 0 radical (unpaired) electrons. The van der Waals surface area contributed by atoms with Gasteiger partial charge in [-0.25, -0.2) is 0 Å². The largest absolute Gasteiger partial charge is 0.283 e. The molecule has 0 amide bonds. The molecule has 0 aliphatic heterocycles. The fourth-order valence-electron chi connectivity index (χ4n) is 0.815. The van der Waals surface area contributed by atoms with Crippen LogP contribution in [0.25, 0.3) is 0 Å². The number of aryl methyl sites for hydroxylation is 1. The number of nitrogens with zero attached hydrogens (tertiary/aromatic N) is 2. The van der Waals surface area contributed by atoms with E-state index in [1.165, 1.54) is 4.57 Å². The molecule has 4 nitrogen and oxygen atoms in total. The summed E-state index contributed by atoms with van der Waals surface area (Å²) in [5, 5.41) is 6.31. The summed E-state index contributed by atoms with van der Waals surface area (Å²) >= 11 is 4.84. The molecule has 0 bridgehead atoms. The van der Waals surface area contributed by atoms with Gasteiger partial charge in [-0.05, 0) is 26.1 Å². The molecule has 0 aliphatic carbocycles. The van der Waals surface area contributed by atoms with E-state index in [0.29, 0.717) is 17.0 Å². The van der Waals surface area contributed by atoms with E-state index in [0.717, 1.165) is 0 Å². The molecule has 0 saturated heterocycles. The molecule has 5 heteroatoms. The first kappa shape index (κ1) is 8.13. The van der Waals surface area contributed by atoms with Crippen LogP contribution in [-0.2, 0) is 6.54 Å². The fourth-order valence-corrected chi connectivity index (χ4v) is 1.07. The van der Waals surface area contributed by atoms with Crippen LogP contribution in [0.5, 0.6) is 0 Å². The van der Waals surface area contributed by atoms with Crippen molar-refractivity contribution < 1.29 is 0 Å². The predicted molar refractivity (Wildman–Crippen MR) is 44.1 cm³/mol. The van der Waals surface area contributed by atoms with Crippen LogP contribution in [0.4, 0.5) is 0 Å². The lowest BCUT2D eigenvalue weighted by Gasteiger charge is -2.00. The van der Waals surface area contributed by atoms with E-state index in [1.807, 2.05) is 6.92 Å². The average Bonchev–Trinajstić information content (AvgIpc) is 1.99. The van der Waals surface area contributed by atoms with Gasteiger partial charge in [0, 0.05) is 6.54 Å². The van der Waals surface area contributed by atoms with Gasteiger partial charge in [0.05, 0.1) is 0 Å². The first-order valence-electron chi connectivity index (χ1n) is 3.33. The van der Waals surface area contributed by atoms with E-state index < -0.39 is 0 Å². The van der Waals surface area contributed by atoms with Gasteiger partial charge in [-0.3, -0.25) is 14.5 Å². The summed E-state index contributed by atoms with van der Waals surface area (Å²) in [5.41, 5.74) is 0.330. The molecule has 0 spiro atoms. The van der Waals surface area contributed by atoms with E-state index in [1.54, 1.807) is 6.92 Å². The summed E-state index contributed by atoms with van der Waals surface area (Å²) in [4.78, 5) is 11.2. The highest BCUT2D eigenvalue weighted by Gasteiger charge is 1.98. The standard InChI is InChI=1S/C6H9N3OS/c1-3-9-5(10)4(2)7-8-6(9)11/h3H2,1-2H3,(H,8,11). The Morgan fingerprint density at radius 2 is 2.36 bits per heavy atom. The molecule has 11 heavy (non-hydrogen) atoms. The van der Waals surface area contributed by atoms with Gasteiger partial charge in [-0.1, -0.05) is 0 Å². The third kappa shape index (κ3) is 1.37. The van der Waals surface area contributed by atoms with Gasteiger partial charge in [-0.2, -0.15) is 5.10 Å². The summed E-state index contributed by atoms with van der Waals surface area (Å²) in [5.74, 6) is 0. The van der Waals surface area contributed by atoms with Crippen LogP contribution in [-0.4, -0.2) is 14.8 Å². The van der Waals surface area contributed by atoms with Crippen LogP contribution in [0.15, 0.2) is 4.79 Å². The van der Waals surface area contributed by atoms with E-state index in [-0.39, 0.29) is 5.56 Å². The van der Waals surface area contributed by atoms with Gasteiger partial charge in [-0.15, -0.1) is 0 Å². The smallest absolute Gasteiger partial charge is 0.275 e. The number of hydrogen-bond donors (Lipinski definition) is 1. The van der Waals surface area contributed by atoms with Gasteiger partial charge in [0.1, 0.15) is 5.69 Å². The molecule has 60 valence electrons. The SMILES string of the molecule is CCn1c(=S)[nH]nc(C)c1=O. The van der Waals surface area contributed by atoms with Crippen molar-refractivity contribution in [2.24, 2.45) is 0 Å². The number of nitrogens with one attached hydrogen (secondary N) is 1. The molecule has 1 heterocycles. The van der Waals surface area contributed by atoms with E-state index in [2.05, 4.69) is 10.2 Å². The first-order chi connectivity index (χ1) is 5.16. The van der Waals surface area contributed by atoms with Crippen molar-refractivity contribution in [1.29, 1.82) is 0 Å². The summed E-state index contributed by atoms with van der Waals surface area (Å²) in [6.07, 6.45) is 0. The number of rotatable bonds is 1. The summed E-state index contributed by atoms with van der Waals surface area (Å²) in [6, 6.07) is 0. The number of aromatic amines is 1. The fraction of sp³-hybridized carbons (Fsp3) is 0.500. The molecule has 1 rings (SSSR count). The minimum Gasteiger partial charge on any atom is -0.283 e. The number of hydrogen-bond acceptors (Lipinski definition) is 3. The zero-order valence-electron chi connectivity index (χ0n) is 6.42. The van der Waals surface area contributed by atoms with Gasteiger partial charge >= 0.3 is 0 Å². The van der Waals surface area contributed by atoms with Crippen LogP contribution in [0.3, 0.4) is 0 Å². The minimum absolute atomic E-state index is 0.115. The molecule has 0 aromatic carbocycles. The molecule has 1 N–H and O–H groups in total. The molecule has 0 aliphatic rings. The Morgan fingerprint density at radius 1 is 1.73 bits per heavy atom. The van der Waals surface area contributed by atoms with E-state index in [9.17, 15) is 4.79 Å². The van der Waals surface area contributed by atoms with Crippen molar-refractivity contribution in [2.75, 3.05) is 0 Å². The van der Waals surface area contributed by atoms with Crippen molar-refractivity contribution in [1.82, 2.24) is 14.8 Å². The molecule has 0 atom stereocenters. The Hall–Kier alpha value is -0.970. The monoisotopic (exact) mass is 171 g/mol. The Bertz CT molecular complexity index is 365. The summed E-state index contributed by atoms with van der Waals surface area (Å²) in [7, 11) is 0. The predicted octanol–water partition coefficient (Wildman–Crippen LogP) is 0.629. The Kier molecular flexibility index (Phi) is 2.19. The topological polar surface area (TPSA) is 50.7 Å². The van der Waals surface area contributed by atoms with Gasteiger partial charge < -0.3 is 0 Å². The Labute approximate surface area is 68.9 Å². The van der Waals surface area contributed by atoms with Crippen molar-refractivity contribution in [3.05, 3.63) is 20.8 Å². The van der Waals surface area contributed by atoms with Crippen molar-refractivity contribution in [2.45, 2.75) is 20.4 Å². The third-order valence-electron chi connectivity index (χ3n) is 1.44. The van der Waals surface area contributed by atoms with Crippen LogP contribution in [0, 0.1) is 11.7 Å². The summed E-state index contributed by atoms with van der Waals surface area (Å²) in [6.45, 7) is 4.10. The second kappa shape index (κ2) is 2.96. The normalized spacial score (nSPS) is 10.0. The second-order valence-electron chi connectivity index (χ2n) is 2.16. The third-order valence-corrected chi connectivity index (χ3v) is 1.75. The molecular formula is C6H9N3OS. The molecule has 0 saturated carbocycles. The summed E-state index contributed by atoms with van der Waals surface area (Å²) < 4.78 is 1.85. The maximum atomic E-state index is 11.2. The minimum atomic E-state index is -0.115. The molecule has 0 unspecified atom stereocenters. The van der Waals surface area contributed by atoms with Crippen LogP contribution >= 0.6 is 12.2 Å². The highest BCUT2D eigenvalue weighted by atomic mass is 32.1. The number of H-pyrrole nitrogens is 1. The van der Waals surface area contributed by atoms with E-state index in [4.69, 9.17) is 12.2 Å². The first-order valence-corrected chi connectivity index (χ1v) is 3.73. The van der Waals surface area contributed by atoms with Gasteiger partial charge in [0.25, 0.3) is 5.56 Å². The van der Waals surface area contributed by atoms with Crippen LogP contribution in [0.1, 0.15) is 12.6 Å². The van der Waals surface area contributed by atoms with Crippen LogP contribution < -0.4 is 5.56 Å². The van der Waals surface area contributed by atoms with Crippen molar-refractivity contribution >= 4 is 12.2 Å². The highest BCUT2D eigenvalue weighted by molar-refractivity contribution is 7.71. The maximum absolute atomic E-state index is 11.2. The van der Waals surface area contributed by atoms with Crippen molar-refractivity contribution in [3.63, 3.8) is 0 Å². The Morgan fingerprint density at radius 3 is 2.82 bits per heavy atom. The zero-order chi connectivity index (χ0) is 8.43. The van der Waals surface area contributed by atoms with Gasteiger partial charge in [0.15, 0.2) is 4.77 Å². The maximum Gasteiger partial charge on any atom is 0.275 e. The second-order valence-corrected chi connectivity index (χ2v) is 2.55. The van der Waals surface area contributed by atoms with E-state index >= 15 is 0 Å². The van der Waals surface area contributed by atoms with Crippen molar-refractivity contribution in [3.8, 4) is 0 Å². The van der Waals surface area contributed by atoms with Gasteiger partial charge in [0.2, 0.25) is 0 Å². The number of aromatic nitrogens is 3. The van der Waals surface area contributed by atoms with Crippen LogP contribution in [0.2, 0.25) is 0 Å². The zero-order valence-corrected chi connectivity index (χ0v) is 7.23. The lowest BCUT2D eigenvalue weighted by molar-refractivity contribution is 0.656. The quantitative estimate of drug-likeness (QED) is 0.630. The molecular weight excluding hydrogens is 162 g/mol. The lowest BCUT2D eigenvalue weighted by atomic mass is 10.5. The molecule has 1 aromatic rings.